The van der Waals surface area contributed by atoms with Crippen LogP contribution in [0.15, 0.2) is 18.7 Å². The molecule has 1 aliphatic rings. The van der Waals surface area contributed by atoms with Gasteiger partial charge in [-0.2, -0.15) is 0 Å². The van der Waals surface area contributed by atoms with Crippen LogP contribution in [0.2, 0.25) is 0 Å². The summed E-state index contributed by atoms with van der Waals surface area (Å²) in [5.74, 6) is 2.31. The predicted molar refractivity (Wildman–Crippen MR) is 69.2 cm³/mol. The SMILES string of the molecule is CC(C)C1CCC(C(N)c2cncnc2)CC1. The maximum atomic E-state index is 6.31. The molecule has 1 aromatic rings. The van der Waals surface area contributed by atoms with E-state index in [0.717, 1.165) is 17.4 Å². The molecule has 1 fully saturated rings. The molecule has 1 unspecified atom stereocenters. The Balaban J connectivity index is 1.93. The zero-order valence-corrected chi connectivity index (χ0v) is 10.8. The average molecular weight is 233 g/mol. The molecule has 0 aromatic carbocycles. The molecule has 1 saturated carbocycles. The standard InChI is InChI=1S/C14H23N3/c1-10(2)11-3-5-12(6-4-11)14(15)13-7-16-9-17-8-13/h7-12,14H,3-6,15H2,1-2H3. The van der Waals surface area contributed by atoms with Crippen molar-refractivity contribution in [2.45, 2.75) is 45.6 Å². The first-order valence-corrected chi connectivity index (χ1v) is 6.69. The Morgan fingerprint density at radius 1 is 1.06 bits per heavy atom. The van der Waals surface area contributed by atoms with Crippen molar-refractivity contribution < 1.29 is 0 Å². The number of hydrogen-bond acceptors (Lipinski definition) is 3. The van der Waals surface area contributed by atoms with Gasteiger partial charge in [-0.15, -0.1) is 0 Å². The van der Waals surface area contributed by atoms with E-state index in [0.29, 0.717) is 5.92 Å². The van der Waals surface area contributed by atoms with Crippen LogP contribution in [0.4, 0.5) is 0 Å². The number of aromatic nitrogens is 2. The Morgan fingerprint density at radius 3 is 2.12 bits per heavy atom. The third-order valence-electron chi connectivity index (χ3n) is 4.23. The van der Waals surface area contributed by atoms with Crippen LogP contribution in [0.3, 0.4) is 0 Å². The van der Waals surface area contributed by atoms with E-state index in [2.05, 4.69) is 23.8 Å². The fraction of sp³-hybridized carbons (Fsp3) is 0.714. The maximum Gasteiger partial charge on any atom is 0.115 e. The fourth-order valence-electron chi connectivity index (χ4n) is 2.93. The summed E-state index contributed by atoms with van der Waals surface area (Å²) in [5.41, 5.74) is 7.40. The quantitative estimate of drug-likeness (QED) is 0.873. The van der Waals surface area contributed by atoms with Crippen molar-refractivity contribution in [3.05, 3.63) is 24.3 Å². The third kappa shape index (κ3) is 3.03. The van der Waals surface area contributed by atoms with Gasteiger partial charge in [0.15, 0.2) is 0 Å². The van der Waals surface area contributed by atoms with E-state index < -0.39 is 0 Å². The number of hydrogen-bond donors (Lipinski definition) is 1. The molecule has 17 heavy (non-hydrogen) atoms. The molecule has 0 radical (unpaired) electrons. The molecule has 2 N–H and O–H groups in total. The van der Waals surface area contributed by atoms with Crippen molar-refractivity contribution in [2.75, 3.05) is 0 Å². The van der Waals surface area contributed by atoms with Crippen molar-refractivity contribution in [3.63, 3.8) is 0 Å². The van der Waals surface area contributed by atoms with Crippen molar-refractivity contribution in [2.24, 2.45) is 23.5 Å². The first-order valence-electron chi connectivity index (χ1n) is 6.69. The van der Waals surface area contributed by atoms with E-state index in [1.54, 1.807) is 6.33 Å². The molecule has 3 heteroatoms. The largest absolute Gasteiger partial charge is 0.324 e. The molecular weight excluding hydrogens is 210 g/mol. The van der Waals surface area contributed by atoms with Crippen molar-refractivity contribution in [1.82, 2.24) is 9.97 Å². The fourth-order valence-corrected chi connectivity index (χ4v) is 2.93. The van der Waals surface area contributed by atoms with Gasteiger partial charge in [-0.25, -0.2) is 9.97 Å². The summed E-state index contributed by atoms with van der Waals surface area (Å²) in [4.78, 5) is 8.11. The summed E-state index contributed by atoms with van der Waals surface area (Å²) in [6.07, 6.45) is 10.4. The minimum Gasteiger partial charge on any atom is -0.324 e. The van der Waals surface area contributed by atoms with Crippen molar-refractivity contribution in [3.8, 4) is 0 Å². The van der Waals surface area contributed by atoms with Gasteiger partial charge in [-0.1, -0.05) is 13.8 Å². The lowest BCUT2D eigenvalue weighted by molar-refractivity contribution is 0.203. The van der Waals surface area contributed by atoms with Gasteiger partial charge in [0.1, 0.15) is 6.33 Å². The lowest BCUT2D eigenvalue weighted by atomic mass is 9.74. The predicted octanol–water partition coefficient (Wildman–Crippen LogP) is 2.94. The van der Waals surface area contributed by atoms with Gasteiger partial charge in [-0.3, -0.25) is 0 Å². The minimum absolute atomic E-state index is 0.115. The molecule has 0 aliphatic heterocycles. The second kappa shape index (κ2) is 5.58. The highest BCUT2D eigenvalue weighted by Crippen LogP contribution is 2.37. The van der Waals surface area contributed by atoms with Gasteiger partial charge in [0.05, 0.1) is 0 Å². The van der Waals surface area contributed by atoms with E-state index in [4.69, 9.17) is 5.73 Å². The Kier molecular flexibility index (Phi) is 4.11. The molecule has 2 rings (SSSR count). The van der Waals surface area contributed by atoms with Gasteiger partial charge in [0, 0.05) is 24.0 Å². The second-order valence-corrected chi connectivity index (χ2v) is 5.62. The van der Waals surface area contributed by atoms with E-state index in [1.807, 2.05) is 12.4 Å². The highest BCUT2D eigenvalue weighted by molar-refractivity contribution is 5.10. The smallest absolute Gasteiger partial charge is 0.115 e. The molecule has 0 saturated heterocycles. The van der Waals surface area contributed by atoms with E-state index in [-0.39, 0.29) is 6.04 Å². The molecule has 0 bridgehead atoms. The molecule has 1 atom stereocenters. The van der Waals surface area contributed by atoms with Crippen molar-refractivity contribution >= 4 is 0 Å². The summed E-state index contributed by atoms with van der Waals surface area (Å²) < 4.78 is 0. The topological polar surface area (TPSA) is 51.8 Å². The molecule has 94 valence electrons. The number of nitrogens with zero attached hydrogens (tertiary/aromatic N) is 2. The summed E-state index contributed by atoms with van der Waals surface area (Å²) in [5, 5.41) is 0. The molecule has 1 aliphatic carbocycles. The monoisotopic (exact) mass is 233 g/mol. The van der Waals surface area contributed by atoms with Crippen molar-refractivity contribution in [1.29, 1.82) is 0 Å². The van der Waals surface area contributed by atoms with E-state index in [1.165, 1.54) is 25.7 Å². The van der Waals surface area contributed by atoms with E-state index >= 15 is 0 Å². The molecule has 1 aromatic heterocycles. The molecule has 3 nitrogen and oxygen atoms in total. The highest BCUT2D eigenvalue weighted by Gasteiger charge is 2.27. The molecule has 0 amide bonds. The zero-order valence-electron chi connectivity index (χ0n) is 10.8. The lowest BCUT2D eigenvalue weighted by Gasteiger charge is -2.33. The normalized spacial score (nSPS) is 27.1. The Labute approximate surface area is 104 Å². The van der Waals surface area contributed by atoms with Crippen LogP contribution in [-0.2, 0) is 0 Å². The van der Waals surface area contributed by atoms with Crippen LogP contribution >= 0.6 is 0 Å². The van der Waals surface area contributed by atoms with Crippen LogP contribution < -0.4 is 5.73 Å². The number of nitrogens with two attached hydrogens (primary N) is 1. The highest BCUT2D eigenvalue weighted by atomic mass is 14.8. The minimum atomic E-state index is 0.115. The molecular formula is C14H23N3. The summed E-state index contributed by atoms with van der Waals surface area (Å²) in [6.45, 7) is 4.66. The molecule has 1 heterocycles. The second-order valence-electron chi connectivity index (χ2n) is 5.62. The number of rotatable bonds is 3. The van der Waals surface area contributed by atoms with Gasteiger partial charge in [0.25, 0.3) is 0 Å². The van der Waals surface area contributed by atoms with Crippen LogP contribution in [0.1, 0.15) is 51.1 Å². The third-order valence-corrected chi connectivity index (χ3v) is 4.23. The Morgan fingerprint density at radius 2 is 1.59 bits per heavy atom. The van der Waals surface area contributed by atoms with Crippen LogP contribution in [0.5, 0.6) is 0 Å². The molecule has 0 spiro atoms. The summed E-state index contributed by atoms with van der Waals surface area (Å²) in [6, 6.07) is 0.115. The van der Waals surface area contributed by atoms with Gasteiger partial charge >= 0.3 is 0 Å². The van der Waals surface area contributed by atoms with Crippen LogP contribution in [-0.4, -0.2) is 9.97 Å². The Bertz CT molecular complexity index is 329. The van der Waals surface area contributed by atoms with E-state index in [9.17, 15) is 0 Å². The van der Waals surface area contributed by atoms with Crippen LogP contribution in [0, 0.1) is 17.8 Å². The van der Waals surface area contributed by atoms with Crippen LogP contribution in [0.25, 0.3) is 0 Å². The first-order chi connectivity index (χ1) is 8.18. The van der Waals surface area contributed by atoms with Gasteiger partial charge < -0.3 is 5.73 Å². The van der Waals surface area contributed by atoms with Gasteiger partial charge in [-0.05, 0) is 43.4 Å². The average Bonchev–Trinajstić information content (AvgIpc) is 2.39. The first kappa shape index (κ1) is 12.5. The van der Waals surface area contributed by atoms with Gasteiger partial charge in [0.2, 0.25) is 0 Å². The lowest BCUT2D eigenvalue weighted by Crippen LogP contribution is -2.27. The maximum absolute atomic E-state index is 6.31. The summed E-state index contributed by atoms with van der Waals surface area (Å²) in [7, 11) is 0. The Hall–Kier alpha value is -0.960. The zero-order chi connectivity index (χ0) is 12.3. The summed E-state index contributed by atoms with van der Waals surface area (Å²) >= 11 is 0.